The van der Waals surface area contributed by atoms with E-state index >= 15 is 0 Å². The van der Waals surface area contributed by atoms with Crippen molar-refractivity contribution in [1.82, 2.24) is 9.97 Å². The molecule has 1 aliphatic heterocycles. The van der Waals surface area contributed by atoms with Gasteiger partial charge in [-0.3, -0.25) is 9.69 Å². The van der Waals surface area contributed by atoms with E-state index in [2.05, 4.69) is 27.4 Å². The molecule has 2 aliphatic carbocycles. The summed E-state index contributed by atoms with van der Waals surface area (Å²) < 4.78 is 0. The van der Waals surface area contributed by atoms with Crippen LogP contribution in [-0.4, -0.2) is 28.0 Å². The van der Waals surface area contributed by atoms with Gasteiger partial charge in [-0.25, -0.2) is 9.97 Å². The first kappa shape index (κ1) is 15.8. The standard InChI is InChI=1S/C21H24N4O/c1-21(2)17-4-3-9-22-19(17)25(20(21)26)16-10-15(11-16)24-18-8-7-14(12-23-18)13-5-6-13/h3-4,7-9,12-13,15-16H,5-6,10-11H2,1-2H3,(H,23,24). The van der Waals surface area contributed by atoms with Crippen LogP contribution in [0.5, 0.6) is 0 Å². The molecule has 3 heterocycles. The molecule has 0 radical (unpaired) electrons. The van der Waals surface area contributed by atoms with E-state index in [9.17, 15) is 4.79 Å². The maximum absolute atomic E-state index is 12.9. The molecule has 5 nitrogen and oxygen atoms in total. The smallest absolute Gasteiger partial charge is 0.238 e. The maximum Gasteiger partial charge on any atom is 0.238 e. The molecule has 0 atom stereocenters. The predicted octanol–water partition coefficient (Wildman–Crippen LogP) is 3.62. The Morgan fingerprint density at radius 1 is 1.15 bits per heavy atom. The predicted molar refractivity (Wildman–Crippen MR) is 101 cm³/mol. The number of hydrogen-bond acceptors (Lipinski definition) is 4. The summed E-state index contributed by atoms with van der Waals surface area (Å²) in [5.74, 6) is 2.69. The molecule has 0 spiro atoms. The van der Waals surface area contributed by atoms with Crippen molar-refractivity contribution in [2.45, 2.75) is 62.9 Å². The second-order valence-electron chi connectivity index (χ2n) is 8.39. The fraction of sp³-hybridized carbons (Fsp3) is 0.476. The van der Waals surface area contributed by atoms with Crippen molar-refractivity contribution in [3.8, 4) is 0 Å². The largest absolute Gasteiger partial charge is 0.367 e. The van der Waals surface area contributed by atoms with Crippen LogP contribution in [0, 0.1) is 0 Å². The Balaban J connectivity index is 1.26. The van der Waals surface area contributed by atoms with Crippen molar-refractivity contribution in [1.29, 1.82) is 0 Å². The van der Waals surface area contributed by atoms with Crippen LogP contribution in [0.15, 0.2) is 36.7 Å². The summed E-state index contributed by atoms with van der Waals surface area (Å²) in [6.07, 6.45) is 8.25. The SMILES string of the molecule is CC1(C)C(=O)N(C2CC(Nc3ccc(C4CC4)cn3)C2)c2ncccc21. The number of hydrogen-bond donors (Lipinski definition) is 1. The van der Waals surface area contributed by atoms with E-state index in [4.69, 9.17) is 0 Å². The summed E-state index contributed by atoms with van der Waals surface area (Å²) in [7, 11) is 0. The molecule has 0 saturated heterocycles. The molecule has 5 rings (SSSR count). The minimum Gasteiger partial charge on any atom is -0.367 e. The highest BCUT2D eigenvalue weighted by atomic mass is 16.2. The average molecular weight is 348 g/mol. The van der Waals surface area contributed by atoms with Gasteiger partial charge in [-0.2, -0.15) is 0 Å². The lowest BCUT2D eigenvalue weighted by atomic mass is 9.84. The number of carbonyl (C=O) groups is 1. The Morgan fingerprint density at radius 2 is 1.96 bits per heavy atom. The summed E-state index contributed by atoms with van der Waals surface area (Å²) in [6, 6.07) is 8.81. The second kappa shape index (κ2) is 5.53. The van der Waals surface area contributed by atoms with Gasteiger partial charge >= 0.3 is 0 Å². The zero-order valence-corrected chi connectivity index (χ0v) is 15.3. The summed E-state index contributed by atoms with van der Waals surface area (Å²) in [5, 5.41) is 3.51. The first-order valence-corrected chi connectivity index (χ1v) is 9.55. The van der Waals surface area contributed by atoms with Gasteiger partial charge in [-0.1, -0.05) is 12.1 Å². The van der Waals surface area contributed by atoms with Gasteiger partial charge in [-0.05, 0) is 63.1 Å². The molecule has 0 bridgehead atoms. The van der Waals surface area contributed by atoms with E-state index in [1.165, 1.54) is 18.4 Å². The molecule has 2 aromatic rings. The third-order valence-corrected chi connectivity index (χ3v) is 6.11. The van der Waals surface area contributed by atoms with Gasteiger partial charge < -0.3 is 5.32 Å². The number of rotatable bonds is 4. The van der Waals surface area contributed by atoms with E-state index in [-0.39, 0.29) is 11.9 Å². The number of anilines is 2. The number of fused-ring (bicyclic) bond motifs is 1. The Kier molecular flexibility index (Phi) is 3.36. The molecule has 1 amide bonds. The van der Waals surface area contributed by atoms with Crippen molar-refractivity contribution in [2.24, 2.45) is 0 Å². The van der Waals surface area contributed by atoms with E-state index in [0.29, 0.717) is 6.04 Å². The van der Waals surface area contributed by atoms with Gasteiger partial charge in [0.15, 0.2) is 0 Å². The molecule has 134 valence electrons. The third-order valence-electron chi connectivity index (χ3n) is 6.11. The molecule has 2 saturated carbocycles. The quantitative estimate of drug-likeness (QED) is 0.917. The van der Waals surface area contributed by atoms with E-state index in [1.807, 2.05) is 37.1 Å². The maximum atomic E-state index is 12.9. The van der Waals surface area contributed by atoms with Gasteiger partial charge in [0.25, 0.3) is 0 Å². The normalized spacial score (nSPS) is 26.4. The lowest BCUT2D eigenvalue weighted by molar-refractivity contribution is -0.122. The number of nitrogens with one attached hydrogen (secondary N) is 1. The highest BCUT2D eigenvalue weighted by molar-refractivity contribution is 6.07. The number of pyridine rings is 2. The Hall–Kier alpha value is -2.43. The van der Waals surface area contributed by atoms with Crippen molar-refractivity contribution in [2.75, 3.05) is 10.2 Å². The van der Waals surface area contributed by atoms with Crippen LogP contribution in [0.4, 0.5) is 11.6 Å². The zero-order chi connectivity index (χ0) is 17.9. The van der Waals surface area contributed by atoms with Gasteiger partial charge in [-0.15, -0.1) is 0 Å². The molecular weight excluding hydrogens is 324 g/mol. The van der Waals surface area contributed by atoms with E-state index < -0.39 is 5.41 Å². The van der Waals surface area contributed by atoms with Crippen molar-refractivity contribution < 1.29 is 4.79 Å². The first-order chi connectivity index (χ1) is 12.5. The van der Waals surface area contributed by atoms with Crippen LogP contribution in [0.2, 0.25) is 0 Å². The molecule has 0 unspecified atom stereocenters. The average Bonchev–Trinajstić information content (AvgIpc) is 3.43. The van der Waals surface area contributed by atoms with Gasteiger partial charge in [0.05, 0.1) is 5.41 Å². The molecule has 2 fully saturated rings. The third kappa shape index (κ3) is 2.41. The monoisotopic (exact) mass is 348 g/mol. The summed E-state index contributed by atoms with van der Waals surface area (Å²) in [4.78, 5) is 23.9. The van der Waals surface area contributed by atoms with Gasteiger partial charge in [0.1, 0.15) is 11.6 Å². The van der Waals surface area contributed by atoms with Crippen molar-refractivity contribution in [3.05, 3.63) is 47.8 Å². The first-order valence-electron chi connectivity index (χ1n) is 9.55. The Morgan fingerprint density at radius 3 is 2.65 bits per heavy atom. The Labute approximate surface area is 153 Å². The van der Waals surface area contributed by atoms with E-state index in [0.717, 1.165) is 36.0 Å². The summed E-state index contributed by atoms with van der Waals surface area (Å²) in [6.45, 7) is 3.99. The van der Waals surface area contributed by atoms with Gasteiger partial charge in [0.2, 0.25) is 5.91 Å². The number of amides is 1. The fourth-order valence-electron chi connectivity index (χ4n) is 4.20. The number of nitrogens with zero attached hydrogens (tertiary/aromatic N) is 3. The van der Waals surface area contributed by atoms with Crippen molar-refractivity contribution >= 4 is 17.5 Å². The van der Waals surface area contributed by atoms with Crippen LogP contribution in [0.25, 0.3) is 0 Å². The topological polar surface area (TPSA) is 58.1 Å². The minimum atomic E-state index is -0.484. The minimum absolute atomic E-state index is 0.168. The molecule has 26 heavy (non-hydrogen) atoms. The van der Waals surface area contributed by atoms with Crippen LogP contribution < -0.4 is 10.2 Å². The fourth-order valence-corrected chi connectivity index (χ4v) is 4.20. The summed E-state index contributed by atoms with van der Waals surface area (Å²) >= 11 is 0. The number of aromatic nitrogens is 2. The van der Waals surface area contributed by atoms with Crippen LogP contribution in [0.1, 0.15) is 56.6 Å². The van der Waals surface area contributed by atoms with Gasteiger partial charge in [0, 0.05) is 30.0 Å². The second-order valence-corrected chi connectivity index (χ2v) is 8.39. The van der Waals surface area contributed by atoms with Crippen molar-refractivity contribution in [3.63, 3.8) is 0 Å². The zero-order valence-electron chi connectivity index (χ0n) is 15.3. The van der Waals surface area contributed by atoms with Crippen LogP contribution in [0.3, 0.4) is 0 Å². The van der Waals surface area contributed by atoms with Crippen LogP contribution >= 0.6 is 0 Å². The van der Waals surface area contributed by atoms with Crippen LogP contribution in [-0.2, 0) is 10.2 Å². The molecule has 2 aromatic heterocycles. The molecular formula is C21H24N4O. The highest BCUT2D eigenvalue weighted by Gasteiger charge is 2.50. The summed E-state index contributed by atoms with van der Waals surface area (Å²) in [5.41, 5.74) is 1.91. The lowest BCUT2D eigenvalue weighted by Gasteiger charge is -2.41. The highest BCUT2D eigenvalue weighted by Crippen LogP contribution is 2.44. The molecule has 1 N–H and O–H groups in total. The lowest BCUT2D eigenvalue weighted by Crippen LogP contribution is -2.53. The molecule has 5 heteroatoms. The van der Waals surface area contributed by atoms with E-state index in [1.54, 1.807) is 6.20 Å². The number of carbonyl (C=O) groups excluding carboxylic acids is 1. The molecule has 3 aliphatic rings. The Bertz CT molecular complexity index is 851. The molecule has 0 aromatic carbocycles.